The Morgan fingerprint density at radius 3 is 2.74 bits per heavy atom. The zero-order chi connectivity index (χ0) is 13.1. The lowest BCUT2D eigenvalue weighted by Gasteiger charge is -2.15. The minimum Gasteiger partial charge on any atom is -0.368 e. The molecule has 1 aromatic heterocycles. The molecule has 102 valence electrons. The lowest BCUT2D eigenvalue weighted by atomic mass is 10.2. The second kappa shape index (κ2) is 5.52. The number of nitrogens with zero attached hydrogens (tertiary/aromatic N) is 3. The topological polar surface area (TPSA) is 67.4 Å². The molecule has 6 heteroatoms. The van der Waals surface area contributed by atoms with Crippen LogP contribution in [0.3, 0.4) is 0 Å². The minimum atomic E-state index is -0.333. The van der Waals surface area contributed by atoms with Crippen molar-refractivity contribution in [3.8, 4) is 0 Å². The van der Waals surface area contributed by atoms with Gasteiger partial charge in [0, 0.05) is 19.7 Å². The molecule has 1 N–H and O–H groups in total. The number of rotatable bonds is 3. The predicted molar refractivity (Wildman–Crippen MR) is 71.1 cm³/mol. The Kier molecular flexibility index (Phi) is 3.59. The number of carbonyl (C=O) groups is 1. The van der Waals surface area contributed by atoms with Crippen LogP contribution in [-0.4, -0.2) is 41.9 Å². The number of nitrogens with one attached hydrogen (secondary N) is 1. The van der Waals surface area contributed by atoms with E-state index >= 15 is 0 Å². The van der Waals surface area contributed by atoms with Gasteiger partial charge in [-0.2, -0.15) is 0 Å². The van der Waals surface area contributed by atoms with Gasteiger partial charge in [-0.15, -0.1) is 10.2 Å². The number of carbonyl (C=O) groups excluding carboxylic acids is 1. The quantitative estimate of drug-likeness (QED) is 0.886. The van der Waals surface area contributed by atoms with Crippen molar-refractivity contribution >= 4 is 17.5 Å². The SMILES string of the molecule is O=C(Nc1ccc(N2CCCC2)nn1)C1CCCO1. The highest BCUT2D eigenvalue weighted by atomic mass is 16.5. The van der Waals surface area contributed by atoms with E-state index in [4.69, 9.17) is 4.74 Å². The maximum absolute atomic E-state index is 11.8. The average molecular weight is 262 g/mol. The van der Waals surface area contributed by atoms with Crippen molar-refractivity contribution in [2.75, 3.05) is 29.9 Å². The number of aromatic nitrogens is 2. The number of hydrogen-bond acceptors (Lipinski definition) is 5. The van der Waals surface area contributed by atoms with Gasteiger partial charge in [-0.3, -0.25) is 4.79 Å². The molecule has 0 aliphatic carbocycles. The van der Waals surface area contributed by atoms with Crippen molar-refractivity contribution in [1.82, 2.24) is 10.2 Å². The Morgan fingerprint density at radius 1 is 1.26 bits per heavy atom. The summed E-state index contributed by atoms with van der Waals surface area (Å²) in [5.74, 6) is 1.25. The molecular weight excluding hydrogens is 244 g/mol. The highest BCUT2D eigenvalue weighted by Crippen LogP contribution is 2.18. The van der Waals surface area contributed by atoms with E-state index in [9.17, 15) is 4.79 Å². The van der Waals surface area contributed by atoms with E-state index < -0.39 is 0 Å². The van der Waals surface area contributed by atoms with Gasteiger partial charge in [0.15, 0.2) is 11.6 Å². The van der Waals surface area contributed by atoms with E-state index in [1.807, 2.05) is 6.07 Å². The van der Waals surface area contributed by atoms with E-state index in [1.54, 1.807) is 6.07 Å². The normalized spacial score (nSPS) is 22.7. The van der Waals surface area contributed by atoms with Crippen LogP contribution in [0.4, 0.5) is 11.6 Å². The van der Waals surface area contributed by atoms with Crippen LogP contribution in [0.5, 0.6) is 0 Å². The molecule has 1 amide bonds. The molecule has 1 aromatic rings. The standard InChI is InChI=1S/C13H18N4O2/c18-13(10-4-3-9-19-10)14-11-5-6-12(16-15-11)17-7-1-2-8-17/h5-6,10H,1-4,7-9H2,(H,14,15,18). The summed E-state index contributed by atoms with van der Waals surface area (Å²) in [4.78, 5) is 14.0. The van der Waals surface area contributed by atoms with Crippen molar-refractivity contribution < 1.29 is 9.53 Å². The van der Waals surface area contributed by atoms with Crippen LogP contribution in [-0.2, 0) is 9.53 Å². The van der Waals surface area contributed by atoms with Gasteiger partial charge < -0.3 is 15.0 Å². The molecule has 3 heterocycles. The number of ether oxygens (including phenoxy) is 1. The summed E-state index contributed by atoms with van der Waals surface area (Å²) < 4.78 is 5.32. The first-order chi connectivity index (χ1) is 9.33. The van der Waals surface area contributed by atoms with Gasteiger partial charge in [-0.1, -0.05) is 0 Å². The zero-order valence-corrected chi connectivity index (χ0v) is 10.8. The summed E-state index contributed by atoms with van der Waals surface area (Å²) in [6, 6.07) is 3.71. The van der Waals surface area contributed by atoms with E-state index in [0.717, 1.165) is 31.7 Å². The fourth-order valence-corrected chi connectivity index (χ4v) is 2.50. The summed E-state index contributed by atoms with van der Waals surface area (Å²) in [5, 5.41) is 11.0. The Morgan fingerprint density at radius 2 is 2.11 bits per heavy atom. The lowest BCUT2D eigenvalue weighted by Crippen LogP contribution is -2.27. The van der Waals surface area contributed by atoms with Crippen LogP contribution < -0.4 is 10.2 Å². The number of amides is 1. The van der Waals surface area contributed by atoms with Crippen LogP contribution in [0.25, 0.3) is 0 Å². The van der Waals surface area contributed by atoms with Crippen LogP contribution >= 0.6 is 0 Å². The van der Waals surface area contributed by atoms with Crippen LogP contribution in [0.2, 0.25) is 0 Å². The first-order valence-corrected chi connectivity index (χ1v) is 6.84. The predicted octanol–water partition coefficient (Wildman–Crippen LogP) is 1.19. The third kappa shape index (κ3) is 2.84. The highest BCUT2D eigenvalue weighted by molar-refractivity contribution is 5.93. The molecule has 2 aliphatic heterocycles. The van der Waals surface area contributed by atoms with Gasteiger partial charge in [-0.25, -0.2) is 0 Å². The fourth-order valence-electron chi connectivity index (χ4n) is 2.50. The molecule has 0 spiro atoms. The Balaban J connectivity index is 1.60. The smallest absolute Gasteiger partial charge is 0.254 e. The van der Waals surface area contributed by atoms with Gasteiger partial charge in [0.1, 0.15) is 6.10 Å². The molecule has 1 atom stereocenters. The average Bonchev–Trinajstić information content (AvgIpc) is 3.13. The molecule has 3 rings (SSSR count). The van der Waals surface area contributed by atoms with Gasteiger partial charge in [0.25, 0.3) is 5.91 Å². The fraction of sp³-hybridized carbons (Fsp3) is 0.615. The first kappa shape index (κ1) is 12.3. The van der Waals surface area contributed by atoms with Gasteiger partial charge in [0.2, 0.25) is 0 Å². The molecule has 6 nitrogen and oxygen atoms in total. The molecule has 0 aromatic carbocycles. The lowest BCUT2D eigenvalue weighted by molar-refractivity contribution is -0.124. The largest absolute Gasteiger partial charge is 0.368 e. The number of hydrogen-bond donors (Lipinski definition) is 1. The maximum Gasteiger partial charge on any atom is 0.254 e. The third-order valence-corrected chi connectivity index (χ3v) is 3.55. The summed E-state index contributed by atoms with van der Waals surface area (Å²) in [6.45, 7) is 2.74. The second-order valence-corrected chi connectivity index (χ2v) is 4.96. The molecule has 19 heavy (non-hydrogen) atoms. The highest BCUT2D eigenvalue weighted by Gasteiger charge is 2.24. The van der Waals surface area contributed by atoms with E-state index in [0.29, 0.717) is 12.4 Å². The first-order valence-electron chi connectivity index (χ1n) is 6.84. The van der Waals surface area contributed by atoms with Crippen molar-refractivity contribution in [2.24, 2.45) is 0 Å². The second-order valence-electron chi connectivity index (χ2n) is 4.96. The van der Waals surface area contributed by atoms with Crippen LogP contribution in [0.1, 0.15) is 25.7 Å². The van der Waals surface area contributed by atoms with E-state index in [2.05, 4.69) is 20.4 Å². The molecule has 2 fully saturated rings. The zero-order valence-electron chi connectivity index (χ0n) is 10.8. The number of anilines is 2. The molecule has 1 unspecified atom stereocenters. The third-order valence-electron chi connectivity index (χ3n) is 3.55. The summed E-state index contributed by atoms with van der Waals surface area (Å²) >= 11 is 0. The van der Waals surface area contributed by atoms with Crippen molar-refractivity contribution in [2.45, 2.75) is 31.8 Å². The van der Waals surface area contributed by atoms with Crippen LogP contribution in [0.15, 0.2) is 12.1 Å². The molecular formula is C13H18N4O2. The van der Waals surface area contributed by atoms with Gasteiger partial charge in [0.05, 0.1) is 0 Å². The van der Waals surface area contributed by atoms with Gasteiger partial charge in [-0.05, 0) is 37.8 Å². The summed E-state index contributed by atoms with van der Waals surface area (Å²) in [6.07, 6.45) is 3.81. The van der Waals surface area contributed by atoms with Crippen LogP contribution in [0, 0.1) is 0 Å². The monoisotopic (exact) mass is 262 g/mol. The van der Waals surface area contributed by atoms with E-state index in [-0.39, 0.29) is 12.0 Å². The molecule has 0 saturated carbocycles. The molecule has 2 saturated heterocycles. The van der Waals surface area contributed by atoms with Crippen molar-refractivity contribution in [3.05, 3.63) is 12.1 Å². The Hall–Kier alpha value is -1.69. The molecule has 0 radical (unpaired) electrons. The Bertz CT molecular complexity index is 436. The molecule has 0 bridgehead atoms. The minimum absolute atomic E-state index is 0.124. The van der Waals surface area contributed by atoms with Crippen molar-refractivity contribution in [1.29, 1.82) is 0 Å². The maximum atomic E-state index is 11.8. The van der Waals surface area contributed by atoms with Gasteiger partial charge >= 0.3 is 0 Å². The molecule has 2 aliphatic rings. The summed E-state index contributed by atoms with van der Waals surface area (Å²) in [7, 11) is 0. The van der Waals surface area contributed by atoms with E-state index in [1.165, 1.54) is 12.8 Å². The van der Waals surface area contributed by atoms with Crippen molar-refractivity contribution in [3.63, 3.8) is 0 Å². The Labute approximate surface area is 112 Å². The summed E-state index contributed by atoms with van der Waals surface area (Å²) in [5.41, 5.74) is 0.